The van der Waals surface area contributed by atoms with Crippen molar-refractivity contribution < 1.29 is 18.3 Å². The van der Waals surface area contributed by atoms with E-state index >= 15 is 0 Å². The highest BCUT2D eigenvalue weighted by molar-refractivity contribution is 5.67. The maximum absolute atomic E-state index is 13.2. The van der Waals surface area contributed by atoms with E-state index in [2.05, 4.69) is 25.6 Å². The van der Waals surface area contributed by atoms with Crippen molar-refractivity contribution in [1.29, 1.82) is 0 Å². The molecule has 0 radical (unpaired) electrons. The molecule has 6 nitrogen and oxygen atoms in total. The van der Waals surface area contributed by atoms with Gasteiger partial charge in [0.25, 0.3) is 0 Å². The minimum absolute atomic E-state index is 0.0660. The minimum atomic E-state index is -4.45. The average Bonchev–Trinajstić information content (AvgIpc) is 2.69. The quantitative estimate of drug-likeness (QED) is 0.566. The molecule has 0 aliphatic carbocycles. The molecule has 3 rings (SSSR count). The number of halogens is 3. The largest absolute Gasteiger partial charge is 0.416 e. The summed E-state index contributed by atoms with van der Waals surface area (Å²) in [6.07, 6.45) is -2.83. The lowest BCUT2D eigenvalue weighted by Crippen LogP contribution is -2.21. The maximum Gasteiger partial charge on any atom is 0.416 e. The van der Waals surface area contributed by atoms with Gasteiger partial charge in [-0.1, -0.05) is 12.1 Å². The number of aromatic nitrogens is 3. The fourth-order valence-electron chi connectivity index (χ4n) is 2.70. The van der Waals surface area contributed by atoms with Crippen LogP contribution in [-0.2, 0) is 6.18 Å². The number of pyridine rings is 1. The highest BCUT2D eigenvalue weighted by Gasteiger charge is 2.32. The number of benzene rings is 1. The van der Waals surface area contributed by atoms with Gasteiger partial charge in [-0.2, -0.15) is 18.2 Å². The number of hydrogen-bond donors (Lipinski definition) is 3. The predicted octanol–water partition coefficient (Wildman–Crippen LogP) is 4.40. The Kier molecular flexibility index (Phi) is 5.97. The summed E-state index contributed by atoms with van der Waals surface area (Å²) in [6, 6.07) is 10.6. The second kappa shape index (κ2) is 8.44. The number of nitrogens with zero attached hydrogens (tertiary/aromatic N) is 3. The van der Waals surface area contributed by atoms with E-state index in [4.69, 9.17) is 0 Å². The molecule has 0 aliphatic rings. The molecule has 0 bridgehead atoms. The van der Waals surface area contributed by atoms with Crippen LogP contribution >= 0.6 is 0 Å². The van der Waals surface area contributed by atoms with Gasteiger partial charge < -0.3 is 15.7 Å². The van der Waals surface area contributed by atoms with Crippen molar-refractivity contribution in [3.05, 3.63) is 59.8 Å². The molecule has 29 heavy (non-hydrogen) atoms. The highest BCUT2D eigenvalue weighted by atomic mass is 19.4. The van der Waals surface area contributed by atoms with Gasteiger partial charge in [0.15, 0.2) is 0 Å². The number of aliphatic hydroxyl groups is 1. The Bertz CT molecular complexity index is 980. The van der Waals surface area contributed by atoms with Crippen molar-refractivity contribution in [2.75, 3.05) is 17.2 Å². The molecule has 152 valence electrons. The molecule has 0 fully saturated rings. The van der Waals surface area contributed by atoms with Crippen LogP contribution in [0.3, 0.4) is 0 Å². The van der Waals surface area contributed by atoms with E-state index in [0.29, 0.717) is 17.2 Å². The summed E-state index contributed by atoms with van der Waals surface area (Å²) in [6.45, 7) is 3.02. The molecule has 9 heteroatoms. The van der Waals surface area contributed by atoms with Gasteiger partial charge in [-0.25, -0.2) is 4.98 Å². The Morgan fingerprint density at radius 1 is 1.07 bits per heavy atom. The van der Waals surface area contributed by atoms with E-state index in [-0.39, 0.29) is 29.8 Å². The fraction of sp³-hybridized carbons (Fsp3) is 0.250. The zero-order valence-electron chi connectivity index (χ0n) is 15.8. The lowest BCUT2D eigenvalue weighted by Gasteiger charge is -2.17. The molecule has 1 aromatic carbocycles. The fourth-order valence-corrected chi connectivity index (χ4v) is 2.70. The molecular weight excluding hydrogens is 383 g/mol. The molecule has 0 spiro atoms. The van der Waals surface area contributed by atoms with E-state index in [1.54, 1.807) is 43.5 Å². The zero-order valence-corrected chi connectivity index (χ0v) is 15.8. The van der Waals surface area contributed by atoms with Crippen molar-refractivity contribution in [2.24, 2.45) is 0 Å². The van der Waals surface area contributed by atoms with Crippen LogP contribution in [0.1, 0.15) is 18.1 Å². The number of hydrogen-bond acceptors (Lipinski definition) is 6. The number of nitrogens with one attached hydrogen (secondary N) is 2. The van der Waals surface area contributed by atoms with E-state index in [9.17, 15) is 18.3 Å². The Balaban J connectivity index is 2.02. The predicted molar refractivity (Wildman–Crippen MR) is 105 cm³/mol. The van der Waals surface area contributed by atoms with Crippen LogP contribution in [0.4, 0.5) is 30.6 Å². The lowest BCUT2D eigenvalue weighted by molar-refractivity contribution is -0.138. The number of rotatable bonds is 6. The van der Waals surface area contributed by atoms with Gasteiger partial charge in [-0.05, 0) is 43.7 Å². The van der Waals surface area contributed by atoms with Crippen LogP contribution < -0.4 is 10.6 Å². The first-order valence-electron chi connectivity index (χ1n) is 8.89. The Hall–Kier alpha value is -3.20. The zero-order chi connectivity index (χ0) is 21.0. The minimum Gasteiger partial charge on any atom is -0.394 e. The highest BCUT2D eigenvalue weighted by Crippen LogP contribution is 2.35. The third-order valence-corrected chi connectivity index (χ3v) is 4.20. The lowest BCUT2D eigenvalue weighted by atomic mass is 10.1. The maximum atomic E-state index is 13.2. The molecule has 0 saturated carbocycles. The number of anilines is 3. The van der Waals surface area contributed by atoms with Crippen LogP contribution in [0.15, 0.2) is 48.7 Å². The molecule has 0 unspecified atom stereocenters. The van der Waals surface area contributed by atoms with E-state index < -0.39 is 11.7 Å². The summed E-state index contributed by atoms with van der Waals surface area (Å²) in [4.78, 5) is 13.0. The third-order valence-electron chi connectivity index (χ3n) is 4.20. The summed E-state index contributed by atoms with van der Waals surface area (Å²) in [5, 5.41) is 15.2. The van der Waals surface area contributed by atoms with Crippen molar-refractivity contribution >= 4 is 17.5 Å². The van der Waals surface area contributed by atoms with E-state index in [1.165, 1.54) is 13.0 Å². The molecule has 0 amide bonds. The van der Waals surface area contributed by atoms with Crippen LogP contribution in [-0.4, -0.2) is 32.7 Å². The number of aliphatic hydroxyl groups excluding tert-OH is 1. The molecule has 0 saturated heterocycles. The van der Waals surface area contributed by atoms with Gasteiger partial charge >= 0.3 is 6.18 Å². The first-order valence-corrected chi connectivity index (χ1v) is 8.89. The standard InChI is InChI=1S/C20H20F3N5O/c1-12(11-29)25-19-27-17(16-7-3-4-9-24-16)10-18(28-19)26-15-8-5-6-14(13(15)2)20(21,22)23/h3-10,12,29H,11H2,1-2H3,(H2,25,26,27,28)/t12-/m0/s1. The van der Waals surface area contributed by atoms with Gasteiger partial charge in [0.2, 0.25) is 5.95 Å². The Labute approximate surface area is 165 Å². The Morgan fingerprint density at radius 3 is 2.52 bits per heavy atom. The second-order valence-electron chi connectivity index (χ2n) is 6.51. The summed E-state index contributed by atoms with van der Waals surface area (Å²) >= 11 is 0. The topological polar surface area (TPSA) is 83.0 Å². The van der Waals surface area contributed by atoms with Crippen molar-refractivity contribution in [1.82, 2.24) is 15.0 Å². The van der Waals surface area contributed by atoms with E-state index in [0.717, 1.165) is 6.07 Å². The molecule has 1 atom stereocenters. The molecule has 3 aromatic rings. The van der Waals surface area contributed by atoms with Crippen LogP contribution in [0.5, 0.6) is 0 Å². The summed E-state index contributed by atoms with van der Waals surface area (Å²) < 4.78 is 39.6. The average molecular weight is 403 g/mol. The van der Waals surface area contributed by atoms with Crippen molar-refractivity contribution in [2.45, 2.75) is 26.1 Å². The van der Waals surface area contributed by atoms with Crippen LogP contribution in [0, 0.1) is 6.92 Å². The molecule has 2 heterocycles. The smallest absolute Gasteiger partial charge is 0.394 e. The van der Waals surface area contributed by atoms with Crippen LogP contribution in [0.2, 0.25) is 0 Å². The van der Waals surface area contributed by atoms with Crippen molar-refractivity contribution in [3.63, 3.8) is 0 Å². The van der Waals surface area contributed by atoms with Gasteiger partial charge in [0, 0.05) is 24.0 Å². The van der Waals surface area contributed by atoms with Crippen LogP contribution in [0.25, 0.3) is 11.4 Å². The molecule has 2 aromatic heterocycles. The Morgan fingerprint density at radius 2 is 1.86 bits per heavy atom. The SMILES string of the molecule is Cc1c(Nc2cc(-c3ccccn3)nc(N[C@@H](C)CO)n2)cccc1C(F)(F)F. The second-order valence-corrected chi connectivity index (χ2v) is 6.51. The van der Waals surface area contributed by atoms with Gasteiger partial charge in [-0.15, -0.1) is 0 Å². The first-order chi connectivity index (χ1) is 13.8. The monoisotopic (exact) mass is 403 g/mol. The van der Waals surface area contributed by atoms with Gasteiger partial charge in [0.05, 0.1) is 23.6 Å². The van der Waals surface area contributed by atoms with E-state index in [1.807, 2.05) is 0 Å². The first kappa shape index (κ1) is 20.5. The van der Waals surface area contributed by atoms with Gasteiger partial charge in [-0.3, -0.25) is 4.98 Å². The molecule has 0 aliphatic heterocycles. The summed E-state index contributed by atoms with van der Waals surface area (Å²) in [5.41, 5.74) is 0.704. The summed E-state index contributed by atoms with van der Waals surface area (Å²) in [7, 11) is 0. The molecule has 3 N–H and O–H groups in total. The summed E-state index contributed by atoms with van der Waals surface area (Å²) in [5.74, 6) is 0.526. The third kappa shape index (κ3) is 5.00. The van der Waals surface area contributed by atoms with Gasteiger partial charge in [0.1, 0.15) is 5.82 Å². The molecular formula is C20H20F3N5O. The van der Waals surface area contributed by atoms with Crippen molar-refractivity contribution in [3.8, 4) is 11.4 Å². The number of alkyl halides is 3. The normalized spacial score (nSPS) is 12.5.